The lowest BCUT2D eigenvalue weighted by Crippen LogP contribution is -2.14. The molecule has 0 radical (unpaired) electrons. The molecule has 9 aromatic rings. The highest BCUT2D eigenvalue weighted by Crippen LogP contribution is 2.53. The summed E-state index contributed by atoms with van der Waals surface area (Å²) < 4.78 is 5.03. The fourth-order valence-electron chi connectivity index (χ4n) is 8.04. The van der Waals surface area contributed by atoms with E-state index in [2.05, 4.69) is 144 Å². The number of benzene rings is 6. The van der Waals surface area contributed by atoms with Crippen molar-refractivity contribution in [1.82, 2.24) is 8.97 Å². The Morgan fingerprint density at radius 3 is 1.95 bits per heavy atom. The molecule has 0 fully saturated rings. The molecule has 2 nitrogen and oxygen atoms in total. The summed E-state index contributed by atoms with van der Waals surface area (Å²) in [5.41, 5.74) is 13.1. The minimum Gasteiger partial charge on any atom is -0.309 e. The minimum absolute atomic E-state index is 0.0495. The lowest BCUT2D eigenvalue weighted by Gasteiger charge is -2.21. The third-order valence-electron chi connectivity index (χ3n) is 9.81. The maximum absolute atomic E-state index is 2.54. The summed E-state index contributed by atoms with van der Waals surface area (Å²) in [5.74, 6) is 0. The van der Waals surface area contributed by atoms with E-state index >= 15 is 0 Å². The van der Waals surface area contributed by atoms with Gasteiger partial charge in [0.05, 0.1) is 27.6 Å². The van der Waals surface area contributed by atoms with Gasteiger partial charge in [0.15, 0.2) is 0 Å². The topological polar surface area (TPSA) is 9.34 Å². The van der Waals surface area contributed by atoms with Crippen molar-refractivity contribution in [1.29, 1.82) is 0 Å². The minimum atomic E-state index is -0.0495. The van der Waals surface area contributed by atoms with Crippen LogP contribution in [-0.2, 0) is 5.41 Å². The highest BCUT2D eigenvalue weighted by Gasteiger charge is 2.36. The van der Waals surface area contributed by atoms with E-state index in [1.165, 1.54) is 87.8 Å². The van der Waals surface area contributed by atoms with Gasteiger partial charge in [-0.2, -0.15) is 0 Å². The van der Waals surface area contributed by atoms with E-state index in [4.69, 9.17) is 0 Å². The van der Waals surface area contributed by atoms with E-state index in [9.17, 15) is 0 Å². The number of hydrogen-bond acceptors (Lipinski definition) is 0. The van der Waals surface area contributed by atoms with Crippen molar-refractivity contribution in [2.24, 2.45) is 0 Å². The molecule has 3 aromatic heterocycles. The van der Waals surface area contributed by atoms with Crippen LogP contribution in [0.5, 0.6) is 0 Å². The van der Waals surface area contributed by atoms with Gasteiger partial charge in [-0.25, -0.2) is 0 Å². The van der Waals surface area contributed by atoms with E-state index in [0.717, 1.165) is 0 Å². The predicted molar refractivity (Wildman–Crippen MR) is 173 cm³/mol. The first kappa shape index (κ1) is 21.7. The SMILES string of the molecule is CC1(C)c2ccccc2-c2cc3c4c5c(cc6c7ccccc7n(c3cc21)c64)c1ccccc1n5-c1ccccc1. The Hall–Kier alpha value is -5.08. The molecular weight excluding hydrogens is 496 g/mol. The maximum Gasteiger partial charge on any atom is 0.0642 e. The van der Waals surface area contributed by atoms with Gasteiger partial charge in [-0.05, 0) is 64.7 Å². The fraction of sp³-hybridized carbons (Fsp3) is 0.0769. The Labute approximate surface area is 237 Å². The zero-order valence-electron chi connectivity index (χ0n) is 22.9. The van der Waals surface area contributed by atoms with Crippen molar-refractivity contribution in [3.8, 4) is 16.8 Å². The van der Waals surface area contributed by atoms with Crippen LogP contribution < -0.4 is 0 Å². The van der Waals surface area contributed by atoms with Crippen LogP contribution >= 0.6 is 0 Å². The quantitative estimate of drug-likeness (QED) is 0.203. The van der Waals surface area contributed by atoms with E-state index in [-0.39, 0.29) is 5.41 Å². The molecule has 1 aliphatic rings. The third kappa shape index (κ3) is 2.46. The summed E-state index contributed by atoms with van der Waals surface area (Å²) in [5, 5.41) is 7.92. The van der Waals surface area contributed by atoms with Gasteiger partial charge in [0.1, 0.15) is 0 Å². The van der Waals surface area contributed by atoms with Gasteiger partial charge >= 0.3 is 0 Å². The molecule has 192 valence electrons. The first-order valence-electron chi connectivity index (χ1n) is 14.5. The molecule has 0 N–H and O–H groups in total. The number of fused-ring (bicyclic) bond motifs is 13. The standard InChI is InChI=1S/C39H26N2/c1-39(2)31-17-9-6-14-24(31)27-20-30-35(22-32(27)39)41-34-19-11-8-16-26(34)29-21-28-25-15-7-10-18-33(25)40(23-12-4-3-5-13-23)37(28)36(30)38(29)41/h3-22H,1-2H3. The van der Waals surface area contributed by atoms with Crippen LogP contribution in [0, 0.1) is 0 Å². The number of nitrogens with zero attached hydrogens (tertiary/aromatic N) is 2. The molecule has 10 rings (SSSR count). The van der Waals surface area contributed by atoms with E-state index in [1.54, 1.807) is 0 Å². The van der Waals surface area contributed by atoms with Crippen LogP contribution in [0.4, 0.5) is 0 Å². The molecular formula is C39H26N2. The lowest BCUT2D eigenvalue weighted by molar-refractivity contribution is 0.661. The van der Waals surface area contributed by atoms with Gasteiger partial charge in [-0.15, -0.1) is 0 Å². The second-order valence-corrected chi connectivity index (χ2v) is 12.2. The van der Waals surface area contributed by atoms with Crippen LogP contribution in [0.15, 0.2) is 121 Å². The normalized spacial score (nSPS) is 14.3. The molecule has 0 amide bonds. The van der Waals surface area contributed by atoms with Gasteiger partial charge in [-0.3, -0.25) is 0 Å². The summed E-state index contributed by atoms with van der Waals surface area (Å²) in [6.07, 6.45) is 0. The number of rotatable bonds is 1. The monoisotopic (exact) mass is 522 g/mol. The molecule has 0 unspecified atom stereocenters. The van der Waals surface area contributed by atoms with Crippen LogP contribution in [0.3, 0.4) is 0 Å². The molecule has 2 heteroatoms. The number of para-hydroxylation sites is 3. The van der Waals surface area contributed by atoms with Gasteiger partial charge in [0, 0.05) is 43.4 Å². The maximum atomic E-state index is 2.54. The van der Waals surface area contributed by atoms with Crippen LogP contribution in [0.2, 0.25) is 0 Å². The van der Waals surface area contributed by atoms with Crippen molar-refractivity contribution in [3.05, 3.63) is 132 Å². The van der Waals surface area contributed by atoms with E-state index in [0.29, 0.717) is 0 Å². The van der Waals surface area contributed by atoms with Gasteiger partial charge in [-0.1, -0.05) is 92.7 Å². The second-order valence-electron chi connectivity index (χ2n) is 12.2. The summed E-state index contributed by atoms with van der Waals surface area (Å²) in [4.78, 5) is 0. The van der Waals surface area contributed by atoms with Crippen LogP contribution in [0.1, 0.15) is 25.0 Å². The molecule has 3 heterocycles. The summed E-state index contributed by atoms with van der Waals surface area (Å²) in [7, 11) is 0. The molecule has 0 saturated carbocycles. The highest BCUT2D eigenvalue weighted by molar-refractivity contribution is 6.34. The van der Waals surface area contributed by atoms with E-state index in [1.807, 2.05) is 0 Å². The van der Waals surface area contributed by atoms with Crippen molar-refractivity contribution in [2.45, 2.75) is 19.3 Å². The zero-order chi connectivity index (χ0) is 27.0. The van der Waals surface area contributed by atoms with Gasteiger partial charge < -0.3 is 8.97 Å². The fourth-order valence-corrected chi connectivity index (χ4v) is 8.04. The Bertz CT molecular complexity index is 2540. The van der Waals surface area contributed by atoms with Gasteiger partial charge in [0.2, 0.25) is 0 Å². The van der Waals surface area contributed by atoms with E-state index < -0.39 is 0 Å². The number of hydrogen-bond donors (Lipinski definition) is 0. The lowest BCUT2D eigenvalue weighted by atomic mass is 9.82. The third-order valence-corrected chi connectivity index (χ3v) is 9.81. The average Bonchev–Trinajstić information content (AvgIpc) is 3.70. The smallest absolute Gasteiger partial charge is 0.0642 e. The Morgan fingerprint density at radius 2 is 1.12 bits per heavy atom. The summed E-state index contributed by atoms with van der Waals surface area (Å²) in [6.45, 7) is 4.75. The average molecular weight is 523 g/mol. The van der Waals surface area contributed by atoms with Crippen molar-refractivity contribution >= 4 is 59.9 Å². The largest absolute Gasteiger partial charge is 0.309 e. The molecule has 6 aromatic carbocycles. The molecule has 0 aliphatic heterocycles. The molecule has 0 saturated heterocycles. The Morgan fingerprint density at radius 1 is 0.463 bits per heavy atom. The predicted octanol–water partition coefficient (Wildman–Crippen LogP) is 10.2. The summed E-state index contributed by atoms with van der Waals surface area (Å²) >= 11 is 0. The summed E-state index contributed by atoms with van der Waals surface area (Å²) in [6, 6.07) is 45.1. The zero-order valence-corrected chi connectivity index (χ0v) is 22.9. The Kier molecular flexibility index (Phi) is 3.79. The van der Waals surface area contributed by atoms with Crippen molar-refractivity contribution < 1.29 is 0 Å². The van der Waals surface area contributed by atoms with Crippen LogP contribution in [-0.4, -0.2) is 8.97 Å². The van der Waals surface area contributed by atoms with Crippen LogP contribution in [0.25, 0.3) is 76.7 Å². The molecule has 0 atom stereocenters. The highest BCUT2D eigenvalue weighted by atomic mass is 15.0. The van der Waals surface area contributed by atoms with Crippen molar-refractivity contribution in [2.75, 3.05) is 0 Å². The first-order valence-corrected chi connectivity index (χ1v) is 14.5. The molecule has 41 heavy (non-hydrogen) atoms. The molecule has 0 bridgehead atoms. The van der Waals surface area contributed by atoms with Crippen molar-refractivity contribution in [3.63, 3.8) is 0 Å². The number of aromatic nitrogens is 2. The van der Waals surface area contributed by atoms with Gasteiger partial charge in [0.25, 0.3) is 0 Å². The Balaban J connectivity index is 1.53. The second kappa shape index (κ2) is 7.16. The molecule has 1 aliphatic carbocycles. The first-order chi connectivity index (χ1) is 20.1. The molecule has 0 spiro atoms.